The van der Waals surface area contributed by atoms with Gasteiger partial charge >= 0.3 is 0 Å². The Balaban J connectivity index is 2.62. The number of methoxy groups -OCH3 is 1. The van der Waals surface area contributed by atoms with Gasteiger partial charge in [0.25, 0.3) is 0 Å². The van der Waals surface area contributed by atoms with Gasteiger partial charge < -0.3 is 4.74 Å². The van der Waals surface area contributed by atoms with Gasteiger partial charge in [0.2, 0.25) is 0 Å². The standard InChI is InChI=1S/C13H21ClN2O2/c1-5-11-13(14)12(16(3)15-11)8-10(17)7-6-9(2)18-4/h9H,5-8H2,1-4H3. The van der Waals surface area contributed by atoms with Crippen molar-refractivity contribution in [1.82, 2.24) is 9.78 Å². The molecule has 1 rings (SSSR count). The molecule has 0 spiro atoms. The van der Waals surface area contributed by atoms with Gasteiger partial charge in [-0.1, -0.05) is 18.5 Å². The van der Waals surface area contributed by atoms with Gasteiger partial charge in [-0.05, 0) is 19.8 Å². The summed E-state index contributed by atoms with van der Waals surface area (Å²) in [5.74, 6) is 0.173. The molecule has 0 fully saturated rings. The molecule has 18 heavy (non-hydrogen) atoms. The van der Waals surface area contributed by atoms with E-state index in [1.165, 1.54) is 0 Å². The van der Waals surface area contributed by atoms with Gasteiger partial charge in [-0.2, -0.15) is 5.10 Å². The van der Waals surface area contributed by atoms with Crippen LogP contribution in [0.3, 0.4) is 0 Å². The smallest absolute Gasteiger partial charge is 0.138 e. The van der Waals surface area contributed by atoms with Crippen LogP contribution in [-0.4, -0.2) is 28.8 Å². The zero-order valence-corrected chi connectivity index (χ0v) is 12.3. The molecule has 5 heteroatoms. The zero-order chi connectivity index (χ0) is 13.7. The second-order valence-corrected chi connectivity index (χ2v) is 4.86. The number of carbonyl (C=O) groups excluding carboxylic acids is 1. The van der Waals surface area contributed by atoms with Gasteiger partial charge in [0.1, 0.15) is 5.78 Å². The number of halogens is 1. The molecule has 0 aliphatic carbocycles. The summed E-state index contributed by atoms with van der Waals surface area (Å²) < 4.78 is 6.83. The summed E-state index contributed by atoms with van der Waals surface area (Å²) in [6, 6.07) is 0. The van der Waals surface area contributed by atoms with E-state index in [0.29, 0.717) is 17.9 Å². The van der Waals surface area contributed by atoms with Crippen LogP contribution in [0.5, 0.6) is 0 Å². The molecule has 0 aliphatic rings. The van der Waals surface area contributed by atoms with Crippen LogP contribution < -0.4 is 0 Å². The van der Waals surface area contributed by atoms with E-state index in [2.05, 4.69) is 5.10 Å². The van der Waals surface area contributed by atoms with Crippen molar-refractivity contribution in [3.63, 3.8) is 0 Å². The highest BCUT2D eigenvalue weighted by atomic mass is 35.5. The summed E-state index contributed by atoms with van der Waals surface area (Å²) in [7, 11) is 3.48. The number of Topliss-reactive ketones (excluding diaryl/α,β-unsaturated/α-hetero) is 1. The Bertz CT molecular complexity index is 415. The monoisotopic (exact) mass is 272 g/mol. The molecular formula is C13H21ClN2O2. The van der Waals surface area contributed by atoms with Crippen LogP contribution in [0.1, 0.15) is 38.1 Å². The first kappa shape index (κ1) is 15.2. The summed E-state index contributed by atoms with van der Waals surface area (Å²) in [6.07, 6.45) is 2.49. The molecule has 0 saturated carbocycles. The number of nitrogens with zero attached hydrogens (tertiary/aromatic N) is 2. The minimum absolute atomic E-state index is 0.113. The van der Waals surface area contributed by atoms with Crippen LogP contribution >= 0.6 is 11.6 Å². The van der Waals surface area contributed by atoms with E-state index in [1.807, 2.05) is 20.9 Å². The largest absolute Gasteiger partial charge is 0.382 e. The maximum atomic E-state index is 11.9. The van der Waals surface area contributed by atoms with Crippen LogP contribution in [0, 0.1) is 0 Å². The first-order chi connectivity index (χ1) is 8.49. The summed E-state index contributed by atoms with van der Waals surface area (Å²) in [6.45, 7) is 3.96. The highest BCUT2D eigenvalue weighted by molar-refractivity contribution is 6.32. The van der Waals surface area contributed by atoms with Gasteiger partial charge in [0.05, 0.1) is 22.5 Å². The van der Waals surface area contributed by atoms with Crippen molar-refractivity contribution in [3.8, 4) is 0 Å². The van der Waals surface area contributed by atoms with E-state index >= 15 is 0 Å². The SMILES string of the molecule is CCc1nn(C)c(CC(=O)CCC(C)OC)c1Cl. The van der Waals surface area contributed by atoms with Gasteiger partial charge in [-0.25, -0.2) is 0 Å². The molecule has 0 saturated heterocycles. The van der Waals surface area contributed by atoms with Crippen LogP contribution in [0.4, 0.5) is 0 Å². The van der Waals surface area contributed by atoms with Crippen LogP contribution in [0.2, 0.25) is 5.02 Å². The Kier molecular flexibility index (Phi) is 5.82. The Labute approximate surface area is 113 Å². The maximum absolute atomic E-state index is 11.9. The normalized spacial score (nSPS) is 12.7. The van der Waals surface area contributed by atoms with E-state index < -0.39 is 0 Å². The third kappa shape index (κ3) is 3.82. The van der Waals surface area contributed by atoms with Gasteiger partial charge in [0, 0.05) is 27.0 Å². The van der Waals surface area contributed by atoms with Crippen LogP contribution in [0.25, 0.3) is 0 Å². The van der Waals surface area contributed by atoms with Crippen molar-refractivity contribution >= 4 is 17.4 Å². The molecular weight excluding hydrogens is 252 g/mol. The van der Waals surface area contributed by atoms with Crippen molar-refractivity contribution in [2.24, 2.45) is 7.05 Å². The topological polar surface area (TPSA) is 44.1 Å². The van der Waals surface area contributed by atoms with E-state index in [4.69, 9.17) is 16.3 Å². The number of hydrogen-bond donors (Lipinski definition) is 0. The molecule has 102 valence electrons. The van der Waals surface area contributed by atoms with Gasteiger partial charge in [-0.3, -0.25) is 9.48 Å². The Morgan fingerprint density at radius 1 is 1.56 bits per heavy atom. The quantitative estimate of drug-likeness (QED) is 0.766. The lowest BCUT2D eigenvalue weighted by Gasteiger charge is -2.08. The average Bonchev–Trinajstić information content (AvgIpc) is 2.63. The molecule has 0 aliphatic heterocycles. The first-order valence-electron chi connectivity index (χ1n) is 6.24. The lowest BCUT2D eigenvalue weighted by atomic mass is 10.1. The molecule has 0 amide bonds. The number of aryl methyl sites for hydroxylation is 2. The number of hydrogen-bond acceptors (Lipinski definition) is 3. The predicted octanol–water partition coefficient (Wildman–Crippen LogP) is 2.56. The van der Waals surface area contributed by atoms with E-state index in [9.17, 15) is 4.79 Å². The fraction of sp³-hybridized carbons (Fsp3) is 0.692. The summed E-state index contributed by atoms with van der Waals surface area (Å²) >= 11 is 6.20. The fourth-order valence-electron chi connectivity index (χ4n) is 1.77. The Morgan fingerprint density at radius 2 is 2.22 bits per heavy atom. The minimum Gasteiger partial charge on any atom is -0.382 e. The number of rotatable bonds is 7. The second-order valence-electron chi connectivity index (χ2n) is 4.48. The van der Waals surface area contributed by atoms with Crippen molar-refractivity contribution in [1.29, 1.82) is 0 Å². The van der Waals surface area contributed by atoms with Gasteiger partial charge in [-0.15, -0.1) is 0 Å². The summed E-state index contributed by atoms with van der Waals surface area (Å²) in [4.78, 5) is 11.9. The zero-order valence-electron chi connectivity index (χ0n) is 11.5. The number of carbonyl (C=O) groups is 1. The van der Waals surface area contributed by atoms with E-state index in [0.717, 1.165) is 24.2 Å². The predicted molar refractivity (Wildman–Crippen MR) is 72.0 cm³/mol. The summed E-state index contributed by atoms with van der Waals surface area (Å²) in [5.41, 5.74) is 1.66. The summed E-state index contributed by atoms with van der Waals surface area (Å²) in [5, 5.41) is 4.93. The highest BCUT2D eigenvalue weighted by Crippen LogP contribution is 2.21. The first-order valence-corrected chi connectivity index (χ1v) is 6.62. The Morgan fingerprint density at radius 3 is 2.72 bits per heavy atom. The lowest BCUT2D eigenvalue weighted by molar-refractivity contribution is -0.119. The van der Waals surface area contributed by atoms with Gasteiger partial charge in [0.15, 0.2) is 0 Å². The molecule has 0 radical (unpaired) electrons. The van der Waals surface area contributed by atoms with Crippen molar-refractivity contribution < 1.29 is 9.53 Å². The van der Waals surface area contributed by atoms with Crippen LogP contribution in [0.15, 0.2) is 0 Å². The number of ketones is 1. The van der Waals surface area contributed by atoms with Crippen molar-refractivity contribution in [3.05, 3.63) is 16.4 Å². The molecule has 1 aromatic rings. The fourth-order valence-corrected chi connectivity index (χ4v) is 2.13. The second kappa shape index (κ2) is 6.90. The molecule has 0 bridgehead atoms. The molecule has 0 aromatic carbocycles. The molecule has 1 heterocycles. The minimum atomic E-state index is 0.113. The van der Waals surface area contributed by atoms with E-state index in [-0.39, 0.29) is 11.9 Å². The lowest BCUT2D eigenvalue weighted by Crippen LogP contribution is -2.12. The third-order valence-electron chi connectivity index (χ3n) is 3.10. The highest BCUT2D eigenvalue weighted by Gasteiger charge is 2.16. The van der Waals surface area contributed by atoms with E-state index in [1.54, 1.807) is 11.8 Å². The average molecular weight is 273 g/mol. The number of ether oxygens (including phenoxy) is 1. The number of aromatic nitrogens is 2. The molecule has 1 aromatic heterocycles. The van der Waals surface area contributed by atoms with Crippen molar-refractivity contribution in [2.45, 2.75) is 45.6 Å². The third-order valence-corrected chi connectivity index (χ3v) is 3.54. The molecule has 1 unspecified atom stereocenters. The maximum Gasteiger partial charge on any atom is 0.138 e. The molecule has 4 nitrogen and oxygen atoms in total. The molecule has 0 N–H and O–H groups in total. The Hall–Kier alpha value is -0.870. The van der Waals surface area contributed by atoms with Crippen molar-refractivity contribution in [2.75, 3.05) is 7.11 Å². The molecule has 1 atom stereocenters. The van der Waals surface area contributed by atoms with Crippen LogP contribution in [-0.2, 0) is 29.4 Å².